The summed E-state index contributed by atoms with van der Waals surface area (Å²) in [5.41, 5.74) is 10.9. The number of fused-ring (bicyclic) bond motifs is 6. The van der Waals surface area contributed by atoms with Crippen LogP contribution in [-0.2, 0) is 48.7 Å². The number of ether oxygens (including phenoxy) is 10. The number of nitrogens with two attached hydrogens (primary N) is 1. The monoisotopic (exact) mass is 1860 g/mol. The molecule has 4 bridgehead atoms. The zero-order chi connectivity index (χ0) is 89.0. The van der Waals surface area contributed by atoms with Crippen LogP contribution in [0.5, 0.6) is 23.0 Å². The lowest BCUT2D eigenvalue weighted by Crippen LogP contribution is -2.49. The second-order valence-electron chi connectivity index (χ2n) is 31.8. The summed E-state index contributed by atoms with van der Waals surface area (Å²) in [6.07, 6.45) is 6.76. The van der Waals surface area contributed by atoms with Crippen LogP contribution in [-0.4, -0.2) is 204 Å². The van der Waals surface area contributed by atoms with Crippen molar-refractivity contribution in [2.45, 2.75) is 85.0 Å². The third-order valence-corrected chi connectivity index (χ3v) is 34.4. The van der Waals surface area contributed by atoms with Crippen LogP contribution in [0.2, 0.25) is 0 Å². The molecule has 13 aromatic rings. The molecule has 4 unspecified atom stereocenters. The molecule has 0 spiro atoms. The van der Waals surface area contributed by atoms with Crippen molar-refractivity contribution in [3.05, 3.63) is 324 Å². The number of nitrogens with zero attached hydrogens (tertiary/aromatic N) is 10. The number of aromatic nitrogens is 8. The number of carbonyl (C=O) groups excluding carboxylic acids is 3. The van der Waals surface area contributed by atoms with E-state index in [1.54, 1.807) is 76.0 Å². The minimum Gasteiger partial charge on any atom is -0.497 e. The zero-order valence-electron chi connectivity index (χ0n) is 72.0. The van der Waals surface area contributed by atoms with Crippen LogP contribution in [0.25, 0.3) is 22.3 Å². The number of hydrogen-bond acceptors (Lipinski definition) is 28. The van der Waals surface area contributed by atoms with Crippen LogP contribution in [0.15, 0.2) is 274 Å². The topological polar surface area (TPSA) is 294 Å². The average Bonchev–Trinajstić information content (AvgIpc) is 1.56. The van der Waals surface area contributed by atoms with E-state index in [4.69, 9.17) is 67.1 Å². The van der Waals surface area contributed by atoms with Gasteiger partial charge >= 0.3 is 0 Å². The van der Waals surface area contributed by atoms with Gasteiger partial charge in [0.2, 0.25) is 10.2 Å². The lowest BCUT2D eigenvalue weighted by Gasteiger charge is -2.40. The predicted molar refractivity (Wildman–Crippen MR) is 508 cm³/mol. The van der Waals surface area contributed by atoms with Crippen molar-refractivity contribution >= 4 is 111 Å². The van der Waals surface area contributed by atoms with Crippen molar-refractivity contribution in [3.8, 4) is 23.0 Å². The number of carbonyl (C=O) groups is 3. The predicted octanol–water partition coefficient (Wildman–Crippen LogP) is 17.9. The smallest absolute Gasteiger partial charge is 0.256 e. The minimum atomic E-state index is -1.25. The molecule has 19 rings (SSSR count). The van der Waals surface area contributed by atoms with Gasteiger partial charge in [-0.15, -0.1) is 0 Å². The highest BCUT2D eigenvalue weighted by molar-refractivity contribution is 8.54. The fraction of sp³-hybridized carbons (Fsp3) is 0.309. The number of rotatable bonds is 36. The van der Waals surface area contributed by atoms with Gasteiger partial charge in [-0.05, 0) is 120 Å². The van der Waals surface area contributed by atoms with Crippen molar-refractivity contribution < 1.29 is 70.8 Å². The number of nitrogens with one attached hydrogen (secondary N) is 1. The summed E-state index contributed by atoms with van der Waals surface area (Å²) in [6.45, 7) is 4.20. The van der Waals surface area contributed by atoms with Crippen LogP contribution >= 0.6 is 61.3 Å². The van der Waals surface area contributed by atoms with Gasteiger partial charge in [0.05, 0.1) is 67.5 Å². The molecule has 670 valence electrons. The van der Waals surface area contributed by atoms with Crippen molar-refractivity contribution in [2.75, 3.05) is 115 Å². The number of hydrogen-bond donors (Lipinski definition) is 2. The molecule has 6 aliphatic rings. The van der Waals surface area contributed by atoms with E-state index in [1.807, 2.05) is 221 Å². The number of methoxy groups -OCH3 is 4. The van der Waals surface area contributed by atoms with Crippen molar-refractivity contribution in [3.63, 3.8) is 0 Å². The number of anilines is 2. The quantitative estimate of drug-likeness (QED) is 0.0209. The van der Waals surface area contributed by atoms with Crippen LogP contribution in [0.3, 0.4) is 0 Å². The molecule has 0 saturated carbocycles. The molecule has 0 radical (unpaired) electrons. The Morgan fingerprint density at radius 1 is 0.431 bits per heavy atom. The van der Waals surface area contributed by atoms with Crippen LogP contribution < -0.4 is 30.0 Å². The summed E-state index contributed by atoms with van der Waals surface area (Å²) in [7, 11) is 4.18. The molecule has 1 amide bonds. The Morgan fingerprint density at radius 3 is 1.16 bits per heavy atom. The molecule has 9 aromatic carbocycles. The van der Waals surface area contributed by atoms with Crippen molar-refractivity contribution in [1.29, 1.82) is 0 Å². The van der Waals surface area contributed by atoms with E-state index in [0.29, 0.717) is 67.8 Å². The highest BCUT2D eigenvalue weighted by Crippen LogP contribution is 2.64. The zero-order valence-corrected chi connectivity index (χ0v) is 77.0. The first kappa shape index (κ1) is 90.3. The van der Waals surface area contributed by atoms with E-state index in [9.17, 15) is 14.4 Å². The molecule has 0 aliphatic carbocycles. The number of amides is 1. The molecule has 27 nitrogen and oxygen atoms in total. The van der Waals surface area contributed by atoms with E-state index in [-0.39, 0.29) is 54.2 Å². The first-order chi connectivity index (χ1) is 63.8. The molecule has 3 N–H and O–H groups in total. The summed E-state index contributed by atoms with van der Waals surface area (Å²) in [5.74, 6) is 5.82. The first-order valence-electron chi connectivity index (χ1n) is 43.0. The van der Waals surface area contributed by atoms with Gasteiger partial charge in [0.25, 0.3) is 5.91 Å². The lowest BCUT2D eigenvalue weighted by atomic mass is 9.79. The summed E-state index contributed by atoms with van der Waals surface area (Å²) < 4.78 is 89.1. The minimum absolute atomic E-state index is 0.0481. The Labute approximate surface area is 772 Å². The highest BCUT2D eigenvalue weighted by Gasteiger charge is 2.67. The van der Waals surface area contributed by atoms with Gasteiger partial charge in [0.15, 0.2) is 55.9 Å². The largest absolute Gasteiger partial charge is 0.497 e. The molecule has 6 saturated heterocycles. The molecule has 6 aliphatic heterocycles. The Morgan fingerprint density at radius 2 is 0.777 bits per heavy atom. The van der Waals surface area contributed by atoms with Gasteiger partial charge in [0, 0.05) is 65.9 Å². The Balaban J connectivity index is 0.000000176. The van der Waals surface area contributed by atoms with Gasteiger partial charge in [-0.2, -0.15) is 0 Å². The van der Waals surface area contributed by atoms with Gasteiger partial charge in [-0.3, -0.25) is 32.9 Å². The molecule has 33 heteroatoms. The van der Waals surface area contributed by atoms with Gasteiger partial charge < -0.3 is 67.5 Å². The van der Waals surface area contributed by atoms with Crippen molar-refractivity contribution in [1.82, 2.24) is 48.4 Å². The van der Waals surface area contributed by atoms with E-state index in [2.05, 4.69) is 63.8 Å². The number of nitrogen functional groups attached to an aromatic ring is 1. The standard InChI is InChI=1S/C52H51N6O8PS2.C45H47N6O7PS2/c1-61-41-24-20-39(21-25-41)52(38-18-10-5-11-19-38,40-22-26-42(62-2)27-23-40)64-33-51-32-63-44(45(51)66-67(57-28-12-13-29-57)69-31-30-68-50(60)37-16-8-4-9-17-37)49(65-51)58-35-55-43-46(53-34-54-47(43)58)56-48(59)36-14-6-3-7-15-36;1-53-35-19-15-33(16-20-35)45(32-13-7-4-8-14-32,34-17-21-36(54-2)22-18-34)56-28-44-27-55-38(42(57-44)51-30-49-37-40(46)47-29-48-41(37)51)39(44)58-59(50-23-9-10-24-50)61-26-25-60-43(52)31-11-5-3-6-12-31/h3-11,14-27,34-35,44-45,49H,12-13,28-33H2,1-2H3,(H,53,54,56,59);3-8,11-22,29-30,38-39,42H,9-10,23-28H2,1-2H3,(H2,46,47,48)/t44?,45-,49-,51-,67?;38?,39-,42-,44-,59?/m11/s1. The third kappa shape index (κ3) is 18.9. The summed E-state index contributed by atoms with van der Waals surface area (Å²) >= 11 is 6.17. The van der Waals surface area contributed by atoms with E-state index >= 15 is 0 Å². The summed E-state index contributed by atoms with van der Waals surface area (Å²) in [6, 6.07) is 79.9. The lowest BCUT2D eigenvalue weighted by molar-refractivity contribution is -0.201. The maximum Gasteiger partial charge on any atom is 0.256 e. The summed E-state index contributed by atoms with van der Waals surface area (Å²) in [5, 5.41) is 3.04. The fourth-order valence-electron chi connectivity index (χ4n) is 17.4. The Bertz CT molecular complexity index is 5890. The fourth-order valence-corrected chi connectivity index (χ4v) is 28.1. The van der Waals surface area contributed by atoms with Gasteiger partial charge in [0.1, 0.15) is 88.0 Å². The van der Waals surface area contributed by atoms with E-state index in [0.717, 1.165) is 102 Å². The van der Waals surface area contributed by atoms with E-state index < -0.39 is 74.3 Å². The van der Waals surface area contributed by atoms with Crippen LogP contribution in [0, 0.1) is 0 Å². The van der Waals surface area contributed by atoms with Gasteiger partial charge in [-0.25, -0.2) is 29.9 Å². The van der Waals surface area contributed by atoms with Crippen LogP contribution in [0.4, 0.5) is 11.6 Å². The van der Waals surface area contributed by atoms with E-state index in [1.165, 1.54) is 36.2 Å². The number of imidazole rings is 2. The first-order valence-corrected chi connectivity index (χ1v) is 50.6. The van der Waals surface area contributed by atoms with Crippen molar-refractivity contribution in [2.24, 2.45) is 0 Å². The summed E-state index contributed by atoms with van der Waals surface area (Å²) in [4.78, 5) is 66.5. The molecule has 130 heavy (non-hydrogen) atoms. The number of thioether (sulfide) groups is 2. The maximum atomic E-state index is 13.3. The molecule has 4 aromatic heterocycles. The van der Waals surface area contributed by atoms with Gasteiger partial charge in [-0.1, -0.05) is 234 Å². The van der Waals surface area contributed by atoms with Crippen LogP contribution in [0.1, 0.15) is 103 Å². The average molecular weight is 1860 g/mol. The Kier molecular flexibility index (Phi) is 28.7. The number of benzene rings is 9. The SMILES string of the molecule is COc1ccc(C(OC[C@@]23COC([C@H](n4cnc5c(N)ncnc54)O2)[C@H]3OP(SCCSC(=O)c2ccccc2)N2CCCC2)(c2ccccc2)c2ccc(OC)cc2)cc1.COc1ccc(C(OC[C@@]23COC([C@H](n4cnc5c(NC(=O)c6ccccc6)ncnc54)O2)[C@H]3OP(SCCSC(=O)c2ccccc2)N2CCCC2)(c2ccccc2)c2ccc(OC)cc2)cc1. The molecule has 10 atom stereocenters. The molecule has 6 fully saturated rings. The normalized spacial score (nSPS) is 21.1. The molecular formula is C97H98N12O15P2S4. The molecular weight excluding hydrogens is 1760 g/mol. The second-order valence-corrected chi connectivity index (χ2v) is 41.1. The maximum absolute atomic E-state index is 13.3. The molecule has 10 heterocycles. The second kappa shape index (κ2) is 41.3. The Hall–Kier alpha value is -10.3. The highest BCUT2D eigenvalue weighted by atomic mass is 32.7. The third-order valence-electron chi connectivity index (χ3n) is 24.0.